The number of benzene rings is 1. The molecule has 2 aromatic rings. The summed E-state index contributed by atoms with van der Waals surface area (Å²) in [5, 5.41) is 2.59. The van der Waals surface area contributed by atoms with Crippen LogP contribution >= 0.6 is 0 Å². The SMILES string of the molecule is CC1(C)OC[C@@H](c2ncc(NC(=O)OCc3ccccc3)cn2)O1. The lowest BCUT2D eigenvalue weighted by molar-refractivity contribution is -0.139. The number of hydrogen-bond acceptors (Lipinski definition) is 6. The molecule has 1 N–H and O–H groups in total. The summed E-state index contributed by atoms with van der Waals surface area (Å²) in [5.41, 5.74) is 1.37. The van der Waals surface area contributed by atoms with Crippen molar-refractivity contribution < 1.29 is 19.0 Å². The molecule has 2 heterocycles. The summed E-state index contributed by atoms with van der Waals surface area (Å²) in [6.07, 6.45) is 2.16. The maximum absolute atomic E-state index is 11.8. The van der Waals surface area contributed by atoms with Crippen molar-refractivity contribution in [3.63, 3.8) is 0 Å². The van der Waals surface area contributed by atoms with E-state index >= 15 is 0 Å². The van der Waals surface area contributed by atoms with Crippen LogP contribution in [0.3, 0.4) is 0 Å². The number of nitrogens with zero attached hydrogens (tertiary/aromatic N) is 2. The van der Waals surface area contributed by atoms with Crippen molar-refractivity contribution in [1.82, 2.24) is 9.97 Å². The highest BCUT2D eigenvalue weighted by Crippen LogP contribution is 2.30. The fraction of sp³-hybridized carbons (Fsp3) is 0.353. The van der Waals surface area contributed by atoms with Gasteiger partial charge in [0.2, 0.25) is 0 Å². The van der Waals surface area contributed by atoms with Gasteiger partial charge in [-0.15, -0.1) is 0 Å². The maximum atomic E-state index is 11.8. The molecule has 0 unspecified atom stereocenters. The van der Waals surface area contributed by atoms with Crippen LogP contribution in [0.15, 0.2) is 42.7 Å². The molecule has 24 heavy (non-hydrogen) atoms. The van der Waals surface area contributed by atoms with Crippen molar-refractivity contribution in [1.29, 1.82) is 0 Å². The van der Waals surface area contributed by atoms with Crippen molar-refractivity contribution in [3.8, 4) is 0 Å². The van der Waals surface area contributed by atoms with Crippen LogP contribution in [0.25, 0.3) is 0 Å². The highest BCUT2D eigenvalue weighted by Gasteiger charge is 2.35. The minimum atomic E-state index is -0.633. The van der Waals surface area contributed by atoms with Crippen molar-refractivity contribution >= 4 is 11.8 Å². The lowest BCUT2D eigenvalue weighted by Crippen LogP contribution is -2.20. The summed E-state index contributed by atoms with van der Waals surface area (Å²) in [7, 11) is 0. The Labute approximate surface area is 140 Å². The van der Waals surface area contributed by atoms with E-state index in [1.165, 1.54) is 12.4 Å². The molecule has 3 rings (SSSR count). The average molecular weight is 329 g/mol. The molecule has 1 aliphatic rings. The van der Waals surface area contributed by atoms with Crippen LogP contribution < -0.4 is 5.32 Å². The zero-order valence-electron chi connectivity index (χ0n) is 13.6. The Kier molecular flexibility index (Phi) is 4.73. The van der Waals surface area contributed by atoms with E-state index in [0.717, 1.165) is 5.56 Å². The van der Waals surface area contributed by atoms with E-state index in [-0.39, 0.29) is 12.7 Å². The van der Waals surface area contributed by atoms with E-state index in [1.54, 1.807) is 0 Å². The van der Waals surface area contributed by atoms with E-state index in [2.05, 4.69) is 15.3 Å². The highest BCUT2D eigenvalue weighted by molar-refractivity contribution is 5.83. The van der Waals surface area contributed by atoms with Gasteiger partial charge in [0, 0.05) is 0 Å². The lowest BCUT2D eigenvalue weighted by atomic mass is 10.2. The predicted octanol–water partition coefficient (Wildman–Crippen LogP) is 3.05. The third kappa shape index (κ3) is 4.27. The molecule has 1 fully saturated rings. The van der Waals surface area contributed by atoms with E-state index < -0.39 is 11.9 Å². The molecule has 0 radical (unpaired) electrons. The Balaban J connectivity index is 1.51. The Hall–Kier alpha value is -2.51. The summed E-state index contributed by atoms with van der Waals surface area (Å²) in [6, 6.07) is 9.45. The van der Waals surface area contributed by atoms with Gasteiger partial charge in [-0.3, -0.25) is 5.32 Å². The molecule has 0 spiro atoms. The Morgan fingerprint density at radius 1 is 1.29 bits per heavy atom. The molecule has 1 aromatic carbocycles. The summed E-state index contributed by atoms with van der Waals surface area (Å²) in [6.45, 7) is 4.28. The second-order valence-corrected chi connectivity index (χ2v) is 5.83. The summed E-state index contributed by atoms with van der Waals surface area (Å²) in [5.74, 6) is -0.115. The highest BCUT2D eigenvalue weighted by atomic mass is 16.7. The number of anilines is 1. The molecule has 0 bridgehead atoms. The smallest absolute Gasteiger partial charge is 0.412 e. The Bertz CT molecular complexity index is 689. The van der Waals surface area contributed by atoms with Gasteiger partial charge in [0.15, 0.2) is 11.6 Å². The van der Waals surface area contributed by atoms with E-state index in [4.69, 9.17) is 14.2 Å². The minimum absolute atomic E-state index is 0.202. The van der Waals surface area contributed by atoms with Crippen LogP contribution in [0, 0.1) is 0 Å². The van der Waals surface area contributed by atoms with Gasteiger partial charge in [0.25, 0.3) is 0 Å². The van der Waals surface area contributed by atoms with Gasteiger partial charge in [0.1, 0.15) is 12.7 Å². The number of ether oxygens (including phenoxy) is 3. The molecular formula is C17H19N3O4. The van der Waals surface area contributed by atoms with Gasteiger partial charge in [-0.05, 0) is 19.4 Å². The third-order valence-electron chi connectivity index (χ3n) is 3.43. The van der Waals surface area contributed by atoms with Crippen LogP contribution in [-0.2, 0) is 20.8 Å². The van der Waals surface area contributed by atoms with E-state index in [0.29, 0.717) is 18.1 Å². The van der Waals surface area contributed by atoms with Crippen molar-refractivity contribution in [2.75, 3.05) is 11.9 Å². The molecule has 1 aromatic heterocycles. The van der Waals surface area contributed by atoms with Gasteiger partial charge in [-0.25, -0.2) is 14.8 Å². The zero-order valence-corrected chi connectivity index (χ0v) is 13.6. The Morgan fingerprint density at radius 2 is 2.00 bits per heavy atom. The summed E-state index contributed by atoms with van der Waals surface area (Å²) < 4.78 is 16.3. The first-order valence-corrected chi connectivity index (χ1v) is 7.63. The van der Waals surface area contributed by atoms with Gasteiger partial charge in [-0.2, -0.15) is 0 Å². The Morgan fingerprint density at radius 3 is 2.62 bits per heavy atom. The largest absolute Gasteiger partial charge is 0.444 e. The molecule has 7 nitrogen and oxygen atoms in total. The molecule has 126 valence electrons. The molecule has 1 aliphatic heterocycles. The van der Waals surface area contributed by atoms with Crippen molar-refractivity contribution in [3.05, 3.63) is 54.1 Å². The average Bonchev–Trinajstić information content (AvgIpc) is 2.95. The first-order valence-electron chi connectivity index (χ1n) is 7.63. The molecule has 1 saturated heterocycles. The fourth-order valence-electron chi connectivity index (χ4n) is 2.26. The minimum Gasteiger partial charge on any atom is -0.444 e. The number of aromatic nitrogens is 2. The molecule has 0 aliphatic carbocycles. The number of amides is 1. The number of carbonyl (C=O) groups excluding carboxylic acids is 1. The van der Waals surface area contributed by atoms with Crippen LogP contribution in [0.2, 0.25) is 0 Å². The van der Waals surface area contributed by atoms with Gasteiger partial charge in [-0.1, -0.05) is 30.3 Å². The first kappa shape index (κ1) is 16.4. The number of nitrogens with one attached hydrogen (secondary N) is 1. The quantitative estimate of drug-likeness (QED) is 0.928. The molecular weight excluding hydrogens is 310 g/mol. The normalized spacial score (nSPS) is 19.0. The van der Waals surface area contributed by atoms with E-state index in [1.807, 2.05) is 44.2 Å². The summed E-state index contributed by atoms with van der Waals surface area (Å²) in [4.78, 5) is 20.2. The van der Waals surface area contributed by atoms with Crippen molar-refractivity contribution in [2.24, 2.45) is 0 Å². The number of carbonyl (C=O) groups is 1. The molecule has 1 atom stereocenters. The monoisotopic (exact) mass is 329 g/mol. The molecule has 0 saturated carbocycles. The molecule has 7 heteroatoms. The maximum Gasteiger partial charge on any atom is 0.412 e. The van der Waals surface area contributed by atoms with Gasteiger partial charge >= 0.3 is 6.09 Å². The second-order valence-electron chi connectivity index (χ2n) is 5.83. The lowest BCUT2D eigenvalue weighted by Gasteiger charge is -2.16. The number of rotatable bonds is 4. The first-order chi connectivity index (χ1) is 11.5. The zero-order chi connectivity index (χ0) is 17.0. The number of hydrogen-bond donors (Lipinski definition) is 1. The third-order valence-corrected chi connectivity index (χ3v) is 3.43. The van der Waals surface area contributed by atoms with Crippen LogP contribution in [0.4, 0.5) is 10.5 Å². The van der Waals surface area contributed by atoms with Gasteiger partial charge in [0.05, 0.1) is 24.7 Å². The van der Waals surface area contributed by atoms with Gasteiger partial charge < -0.3 is 14.2 Å². The standard InChI is InChI=1S/C17H19N3O4/c1-17(2)23-11-14(24-17)15-18-8-13(9-19-15)20-16(21)22-10-12-6-4-3-5-7-12/h3-9,14H,10-11H2,1-2H3,(H,20,21)/t14-/m0/s1. The predicted molar refractivity (Wildman–Crippen MR) is 86.1 cm³/mol. The van der Waals surface area contributed by atoms with Crippen LogP contribution in [-0.4, -0.2) is 28.5 Å². The second kappa shape index (κ2) is 6.94. The fourth-order valence-corrected chi connectivity index (χ4v) is 2.26. The van der Waals surface area contributed by atoms with Crippen LogP contribution in [0.1, 0.15) is 31.3 Å². The molecule has 1 amide bonds. The topological polar surface area (TPSA) is 82.6 Å². The van der Waals surface area contributed by atoms with E-state index in [9.17, 15) is 4.79 Å². The summed E-state index contributed by atoms with van der Waals surface area (Å²) >= 11 is 0. The van der Waals surface area contributed by atoms with Crippen LogP contribution in [0.5, 0.6) is 0 Å². The van der Waals surface area contributed by atoms with Crippen molar-refractivity contribution in [2.45, 2.75) is 32.3 Å².